The van der Waals surface area contributed by atoms with E-state index < -0.39 is 0 Å². The third-order valence-corrected chi connectivity index (χ3v) is 1.34. The second-order valence-electron chi connectivity index (χ2n) is 2.66. The molecule has 0 saturated heterocycles. The highest BCUT2D eigenvalue weighted by Gasteiger charge is 1.89. The molecule has 0 amide bonds. The number of allylic oxidation sites excluding steroid dienone is 4. The van der Waals surface area contributed by atoms with E-state index in [2.05, 4.69) is 27.0 Å². The molecule has 0 spiro atoms. The molecule has 0 aromatic heterocycles. The van der Waals surface area contributed by atoms with Gasteiger partial charge in [-0.2, -0.15) is 0 Å². The average molecular weight is 178 g/mol. The summed E-state index contributed by atoms with van der Waals surface area (Å²) in [7, 11) is 0. The molecule has 0 radical (unpaired) electrons. The smallest absolute Gasteiger partial charge is 0.119 e. The number of rotatable bonds is 6. The Hall–Kier alpha value is -1.24. The Morgan fingerprint density at radius 1 is 1.00 bits per heavy atom. The van der Waals surface area contributed by atoms with Gasteiger partial charge in [0.2, 0.25) is 0 Å². The third-order valence-electron chi connectivity index (χ3n) is 1.34. The van der Waals surface area contributed by atoms with Crippen molar-refractivity contribution in [2.75, 3.05) is 0 Å². The van der Waals surface area contributed by atoms with Crippen LogP contribution in [0, 0.1) is 0 Å². The molecular weight excluding hydrogens is 160 g/mol. The zero-order valence-corrected chi connectivity index (χ0v) is 8.55. The third kappa shape index (κ3) is 7.13. The van der Waals surface area contributed by atoms with Gasteiger partial charge in [-0.25, -0.2) is 0 Å². The van der Waals surface area contributed by atoms with Crippen LogP contribution in [0.15, 0.2) is 49.0 Å². The van der Waals surface area contributed by atoms with Crippen LogP contribution in [-0.2, 0) is 4.74 Å². The molecule has 0 bridgehead atoms. The SMILES string of the molecule is C=C(C=CCC)OC(=C)C=CCC. The molecule has 0 rings (SSSR count). The van der Waals surface area contributed by atoms with E-state index in [-0.39, 0.29) is 0 Å². The highest BCUT2D eigenvalue weighted by atomic mass is 16.5. The molecule has 13 heavy (non-hydrogen) atoms. The van der Waals surface area contributed by atoms with Crippen LogP contribution in [0.3, 0.4) is 0 Å². The molecule has 0 aliphatic rings. The van der Waals surface area contributed by atoms with Crippen LogP contribution in [0.4, 0.5) is 0 Å². The van der Waals surface area contributed by atoms with Crippen LogP contribution < -0.4 is 0 Å². The fraction of sp³-hybridized carbons (Fsp3) is 0.333. The van der Waals surface area contributed by atoms with Gasteiger partial charge >= 0.3 is 0 Å². The maximum absolute atomic E-state index is 5.29. The Kier molecular flexibility index (Phi) is 6.70. The minimum Gasteiger partial charge on any atom is -0.459 e. The molecule has 0 aliphatic carbocycles. The van der Waals surface area contributed by atoms with Gasteiger partial charge in [-0.1, -0.05) is 39.2 Å². The largest absolute Gasteiger partial charge is 0.459 e. The molecule has 0 unspecified atom stereocenters. The van der Waals surface area contributed by atoms with Gasteiger partial charge in [0.25, 0.3) is 0 Å². The summed E-state index contributed by atoms with van der Waals surface area (Å²) >= 11 is 0. The molecule has 72 valence electrons. The molecule has 0 fully saturated rings. The highest BCUT2D eigenvalue weighted by molar-refractivity contribution is 5.15. The lowest BCUT2D eigenvalue weighted by atomic mass is 10.3. The van der Waals surface area contributed by atoms with Crippen molar-refractivity contribution in [2.45, 2.75) is 26.7 Å². The maximum Gasteiger partial charge on any atom is 0.119 e. The Balaban J connectivity index is 3.85. The Morgan fingerprint density at radius 2 is 1.38 bits per heavy atom. The second kappa shape index (κ2) is 7.41. The minimum atomic E-state index is 0.632. The maximum atomic E-state index is 5.29. The minimum absolute atomic E-state index is 0.632. The van der Waals surface area contributed by atoms with Crippen molar-refractivity contribution in [3.63, 3.8) is 0 Å². The molecular formula is C12H18O. The van der Waals surface area contributed by atoms with Crippen LogP contribution >= 0.6 is 0 Å². The quantitative estimate of drug-likeness (QED) is 0.442. The summed E-state index contributed by atoms with van der Waals surface area (Å²) in [6.45, 7) is 11.6. The van der Waals surface area contributed by atoms with Gasteiger partial charge in [-0.15, -0.1) is 0 Å². The number of hydrogen-bond acceptors (Lipinski definition) is 1. The molecule has 0 N–H and O–H groups in total. The predicted octanol–water partition coefficient (Wildman–Crippen LogP) is 3.96. The summed E-state index contributed by atoms with van der Waals surface area (Å²) < 4.78 is 5.29. The summed E-state index contributed by atoms with van der Waals surface area (Å²) in [6, 6.07) is 0. The van der Waals surface area contributed by atoms with E-state index >= 15 is 0 Å². The number of hydrogen-bond donors (Lipinski definition) is 0. The average Bonchev–Trinajstić information content (AvgIpc) is 2.11. The van der Waals surface area contributed by atoms with E-state index in [9.17, 15) is 0 Å². The first-order valence-electron chi connectivity index (χ1n) is 4.59. The summed E-state index contributed by atoms with van der Waals surface area (Å²) in [5.41, 5.74) is 0. The van der Waals surface area contributed by atoms with E-state index in [1.165, 1.54) is 0 Å². The van der Waals surface area contributed by atoms with E-state index in [0.717, 1.165) is 12.8 Å². The van der Waals surface area contributed by atoms with Crippen LogP contribution in [0.25, 0.3) is 0 Å². The van der Waals surface area contributed by atoms with Crippen LogP contribution in [0.1, 0.15) is 26.7 Å². The predicted molar refractivity (Wildman–Crippen MR) is 58.2 cm³/mol. The topological polar surface area (TPSA) is 9.23 Å². The van der Waals surface area contributed by atoms with Crippen molar-refractivity contribution in [1.29, 1.82) is 0 Å². The van der Waals surface area contributed by atoms with E-state index in [1.54, 1.807) is 0 Å². The first kappa shape index (κ1) is 11.8. The van der Waals surface area contributed by atoms with E-state index in [0.29, 0.717) is 11.5 Å². The lowest BCUT2D eigenvalue weighted by molar-refractivity contribution is 0.340. The van der Waals surface area contributed by atoms with Crippen molar-refractivity contribution < 1.29 is 4.74 Å². The van der Waals surface area contributed by atoms with Crippen molar-refractivity contribution >= 4 is 0 Å². The summed E-state index contributed by atoms with van der Waals surface area (Å²) in [4.78, 5) is 0. The van der Waals surface area contributed by atoms with Crippen LogP contribution in [-0.4, -0.2) is 0 Å². The molecule has 0 aliphatic heterocycles. The highest BCUT2D eigenvalue weighted by Crippen LogP contribution is 2.05. The molecule has 0 aromatic carbocycles. The van der Waals surface area contributed by atoms with Gasteiger partial charge in [0, 0.05) is 0 Å². The zero-order valence-electron chi connectivity index (χ0n) is 8.55. The molecule has 0 heterocycles. The van der Waals surface area contributed by atoms with Gasteiger partial charge in [0.15, 0.2) is 0 Å². The Morgan fingerprint density at radius 3 is 1.69 bits per heavy atom. The van der Waals surface area contributed by atoms with Gasteiger partial charge in [-0.3, -0.25) is 0 Å². The standard InChI is InChI=1S/C12H18O/c1-5-7-9-11(3)13-12(4)10-8-6-2/h7-10H,3-6H2,1-2H3. The van der Waals surface area contributed by atoms with E-state index in [1.807, 2.05) is 24.3 Å². The first-order chi connectivity index (χ1) is 6.20. The Labute approximate surface area is 81.1 Å². The molecule has 1 nitrogen and oxygen atoms in total. The Bertz CT molecular complexity index is 197. The van der Waals surface area contributed by atoms with Crippen molar-refractivity contribution in [1.82, 2.24) is 0 Å². The fourth-order valence-corrected chi connectivity index (χ4v) is 0.735. The van der Waals surface area contributed by atoms with E-state index in [4.69, 9.17) is 4.74 Å². The summed E-state index contributed by atoms with van der Waals surface area (Å²) in [5, 5.41) is 0. The number of ether oxygens (including phenoxy) is 1. The van der Waals surface area contributed by atoms with Crippen LogP contribution in [0.5, 0.6) is 0 Å². The summed E-state index contributed by atoms with van der Waals surface area (Å²) in [5.74, 6) is 1.26. The summed E-state index contributed by atoms with van der Waals surface area (Å²) in [6.07, 6.45) is 9.67. The first-order valence-corrected chi connectivity index (χ1v) is 4.59. The van der Waals surface area contributed by atoms with Crippen molar-refractivity contribution in [3.8, 4) is 0 Å². The normalized spacial score (nSPS) is 10.9. The second-order valence-corrected chi connectivity index (χ2v) is 2.66. The molecule has 0 aromatic rings. The lowest BCUT2D eigenvalue weighted by Gasteiger charge is -2.03. The van der Waals surface area contributed by atoms with Gasteiger partial charge < -0.3 is 4.74 Å². The molecule has 1 heteroatoms. The monoisotopic (exact) mass is 178 g/mol. The van der Waals surface area contributed by atoms with Gasteiger partial charge in [0.1, 0.15) is 11.5 Å². The van der Waals surface area contributed by atoms with Gasteiger partial charge in [0.05, 0.1) is 0 Å². The molecule has 0 atom stereocenters. The van der Waals surface area contributed by atoms with Crippen molar-refractivity contribution in [2.24, 2.45) is 0 Å². The van der Waals surface area contributed by atoms with Gasteiger partial charge in [-0.05, 0) is 25.0 Å². The van der Waals surface area contributed by atoms with Crippen molar-refractivity contribution in [3.05, 3.63) is 49.0 Å². The lowest BCUT2D eigenvalue weighted by Crippen LogP contribution is -1.84. The molecule has 0 saturated carbocycles. The zero-order chi connectivity index (χ0) is 10.1. The van der Waals surface area contributed by atoms with Crippen LogP contribution in [0.2, 0.25) is 0 Å². The fourth-order valence-electron chi connectivity index (χ4n) is 0.735.